The maximum atomic E-state index is 12.4. The highest BCUT2D eigenvalue weighted by molar-refractivity contribution is 7.16. The van der Waals surface area contributed by atoms with Gasteiger partial charge in [0, 0.05) is 23.1 Å². The van der Waals surface area contributed by atoms with Crippen LogP contribution in [0.1, 0.15) is 45.0 Å². The van der Waals surface area contributed by atoms with Crippen LogP contribution in [0.3, 0.4) is 0 Å². The summed E-state index contributed by atoms with van der Waals surface area (Å²) in [7, 11) is 0. The van der Waals surface area contributed by atoms with Gasteiger partial charge in [0.25, 0.3) is 5.91 Å². The van der Waals surface area contributed by atoms with Crippen LogP contribution in [0.15, 0.2) is 24.3 Å². The molecule has 142 valence electrons. The maximum Gasteiger partial charge on any atom is 0.341 e. The zero-order valence-corrected chi connectivity index (χ0v) is 16.3. The highest BCUT2D eigenvalue weighted by Gasteiger charge is 2.22. The standard InChI is InChI=1S/C19H20N2O5S/c1-10-12(3)27-18(20-13(4)23)17(10)19(25)26-9-16(24)21-15-7-5-6-14(8-15)11(2)22/h5-8H,9H2,1-4H3,(H,20,23)(H,21,24). The molecule has 0 bridgehead atoms. The van der Waals surface area contributed by atoms with E-state index in [-0.39, 0.29) is 17.3 Å². The number of benzene rings is 1. The molecule has 0 saturated carbocycles. The Balaban J connectivity index is 2.03. The normalized spacial score (nSPS) is 10.2. The van der Waals surface area contributed by atoms with Crippen molar-refractivity contribution in [3.05, 3.63) is 45.8 Å². The maximum absolute atomic E-state index is 12.4. The van der Waals surface area contributed by atoms with Gasteiger partial charge in [-0.25, -0.2) is 4.79 Å². The van der Waals surface area contributed by atoms with Gasteiger partial charge in [0.05, 0.1) is 5.56 Å². The van der Waals surface area contributed by atoms with Gasteiger partial charge in [-0.2, -0.15) is 0 Å². The molecule has 0 aliphatic carbocycles. The summed E-state index contributed by atoms with van der Waals surface area (Å²) in [6.07, 6.45) is 0. The molecule has 0 aliphatic heterocycles. The number of rotatable bonds is 6. The van der Waals surface area contributed by atoms with Gasteiger partial charge in [0.15, 0.2) is 12.4 Å². The highest BCUT2D eigenvalue weighted by Crippen LogP contribution is 2.32. The van der Waals surface area contributed by atoms with Crippen LogP contribution in [0.25, 0.3) is 0 Å². The van der Waals surface area contributed by atoms with E-state index in [9.17, 15) is 19.2 Å². The second-order valence-corrected chi connectivity index (χ2v) is 7.15. The molecule has 0 atom stereocenters. The lowest BCUT2D eigenvalue weighted by Crippen LogP contribution is -2.21. The highest BCUT2D eigenvalue weighted by atomic mass is 32.1. The van der Waals surface area contributed by atoms with Crippen LogP contribution >= 0.6 is 11.3 Å². The van der Waals surface area contributed by atoms with E-state index in [0.29, 0.717) is 21.8 Å². The van der Waals surface area contributed by atoms with Crippen molar-refractivity contribution in [3.8, 4) is 0 Å². The van der Waals surface area contributed by atoms with Crippen LogP contribution in [0.2, 0.25) is 0 Å². The molecular formula is C19H20N2O5S. The first-order chi connectivity index (χ1) is 12.7. The van der Waals surface area contributed by atoms with Crippen LogP contribution in [0.5, 0.6) is 0 Å². The Bertz CT molecular complexity index is 917. The predicted molar refractivity (Wildman–Crippen MR) is 103 cm³/mol. The zero-order chi connectivity index (χ0) is 20.1. The number of nitrogens with one attached hydrogen (secondary N) is 2. The summed E-state index contributed by atoms with van der Waals surface area (Å²) in [5.41, 5.74) is 1.85. The van der Waals surface area contributed by atoms with Crippen molar-refractivity contribution in [2.45, 2.75) is 27.7 Å². The number of amides is 2. The smallest absolute Gasteiger partial charge is 0.341 e. The molecule has 2 N–H and O–H groups in total. The van der Waals surface area contributed by atoms with Crippen molar-refractivity contribution in [1.29, 1.82) is 0 Å². The van der Waals surface area contributed by atoms with Crippen LogP contribution in [0.4, 0.5) is 10.7 Å². The third kappa shape index (κ3) is 5.24. The molecule has 0 fully saturated rings. The number of anilines is 2. The number of hydrogen-bond acceptors (Lipinski definition) is 6. The molecule has 1 aromatic heterocycles. The molecule has 8 heteroatoms. The molecule has 27 heavy (non-hydrogen) atoms. The first-order valence-corrected chi connectivity index (χ1v) is 8.96. The van der Waals surface area contributed by atoms with Gasteiger partial charge in [-0.1, -0.05) is 12.1 Å². The van der Waals surface area contributed by atoms with Crippen LogP contribution in [-0.2, 0) is 14.3 Å². The number of aryl methyl sites for hydroxylation is 1. The van der Waals surface area contributed by atoms with Crippen molar-refractivity contribution < 1.29 is 23.9 Å². The third-order valence-electron chi connectivity index (χ3n) is 3.77. The minimum absolute atomic E-state index is 0.119. The molecule has 2 amide bonds. The third-order valence-corrected chi connectivity index (χ3v) is 4.89. The zero-order valence-electron chi connectivity index (χ0n) is 15.5. The molecule has 0 saturated heterocycles. The summed E-state index contributed by atoms with van der Waals surface area (Å²) in [6, 6.07) is 6.47. The first-order valence-electron chi connectivity index (χ1n) is 8.14. The van der Waals surface area contributed by atoms with Crippen molar-refractivity contribution >= 4 is 45.6 Å². The molecule has 0 aliphatic rings. The minimum atomic E-state index is -0.687. The average Bonchev–Trinajstić information content (AvgIpc) is 2.86. The van der Waals surface area contributed by atoms with E-state index in [2.05, 4.69) is 10.6 Å². The number of ketones is 1. The van der Waals surface area contributed by atoms with Crippen LogP contribution < -0.4 is 10.6 Å². The molecule has 0 radical (unpaired) electrons. The summed E-state index contributed by atoms with van der Waals surface area (Å²) < 4.78 is 5.09. The lowest BCUT2D eigenvalue weighted by molar-refractivity contribution is -0.119. The lowest BCUT2D eigenvalue weighted by atomic mass is 10.1. The summed E-state index contributed by atoms with van der Waals surface area (Å²) in [5.74, 6) is -1.64. The molecule has 1 heterocycles. The number of thiophene rings is 1. The van der Waals surface area contributed by atoms with E-state index in [1.54, 1.807) is 31.2 Å². The number of ether oxygens (including phenoxy) is 1. The van der Waals surface area contributed by atoms with Gasteiger partial charge in [-0.05, 0) is 38.5 Å². The molecule has 2 rings (SSSR count). The Morgan fingerprint density at radius 2 is 1.78 bits per heavy atom. The largest absolute Gasteiger partial charge is 0.452 e. The summed E-state index contributed by atoms with van der Waals surface area (Å²) >= 11 is 1.27. The molecule has 7 nitrogen and oxygen atoms in total. The minimum Gasteiger partial charge on any atom is -0.452 e. The molecule has 0 unspecified atom stereocenters. The quantitative estimate of drug-likeness (QED) is 0.584. The van der Waals surface area contributed by atoms with Gasteiger partial charge in [0.1, 0.15) is 5.00 Å². The monoisotopic (exact) mass is 388 g/mol. The Kier molecular flexibility index (Phi) is 6.46. The Morgan fingerprint density at radius 1 is 1.07 bits per heavy atom. The van der Waals surface area contributed by atoms with E-state index in [0.717, 1.165) is 4.88 Å². The second kappa shape index (κ2) is 8.59. The van der Waals surface area contributed by atoms with Gasteiger partial charge in [0.2, 0.25) is 5.91 Å². The summed E-state index contributed by atoms with van der Waals surface area (Å²) in [5, 5.41) is 5.58. The second-order valence-electron chi connectivity index (χ2n) is 5.93. The Morgan fingerprint density at radius 3 is 2.41 bits per heavy atom. The van der Waals surface area contributed by atoms with E-state index in [1.165, 1.54) is 25.2 Å². The number of esters is 1. The predicted octanol–water partition coefficient (Wildman–Crippen LogP) is 3.32. The number of carbonyl (C=O) groups is 4. The van der Waals surface area contributed by atoms with E-state index in [4.69, 9.17) is 4.74 Å². The van der Waals surface area contributed by atoms with Gasteiger partial charge >= 0.3 is 5.97 Å². The van der Waals surface area contributed by atoms with Crippen LogP contribution in [0, 0.1) is 13.8 Å². The fraction of sp³-hybridized carbons (Fsp3) is 0.263. The Labute approximate surface area is 160 Å². The van der Waals surface area contributed by atoms with Gasteiger partial charge in [-0.15, -0.1) is 11.3 Å². The van der Waals surface area contributed by atoms with Gasteiger partial charge in [-0.3, -0.25) is 14.4 Å². The van der Waals surface area contributed by atoms with Crippen molar-refractivity contribution in [1.82, 2.24) is 0 Å². The van der Waals surface area contributed by atoms with Gasteiger partial charge < -0.3 is 15.4 Å². The fourth-order valence-corrected chi connectivity index (χ4v) is 3.43. The van der Waals surface area contributed by atoms with Crippen molar-refractivity contribution in [2.75, 3.05) is 17.2 Å². The molecule has 2 aromatic rings. The van der Waals surface area contributed by atoms with Crippen molar-refractivity contribution in [3.63, 3.8) is 0 Å². The fourth-order valence-electron chi connectivity index (χ4n) is 2.34. The lowest BCUT2D eigenvalue weighted by Gasteiger charge is -2.09. The first kappa shape index (κ1) is 20.3. The molecule has 1 aromatic carbocycles. The Hall–Kier alpha value is -3.00. The molecular weight excluding hydrogens is 368 g/mol. The molecule has 0 spiro atoms. The summed E-state index contributed by atoms with van der Waals surface area (Å²) in [4.78, 5) is 48.0. The average molecular weight is 388 g/mol. The van der Waals surface area contributed by atoms with Crippen molar-refractivity contribution in [2.24, 2.45) is 0 Å². The van der Waals surface area contributed by atoms with E-state index >= 15 is 0 Å². The van der Waals surface area contributed by atoms with Crippen LogP contribution in [-0.4, -0.2) is 30.2 Å². The van der Waals surface area contributed by atoms with E-state index in [1.807, 2.05) is 6.92 Å². The topological polar surface area (TPSA) is 102 Å². The van der Waals surface area contributed by atoms with E-state index < -0.39 is 18.5 Å². The number of Topliss-reactive ketones (excluding diaryl/α,β-unsaturated/α-hetero) is 1. The summed E-state index contributed by atoms with van der Waals surface area (Å²) in [6.45, 7) is 5.87. The number of hydrogen-bond donors (Lipinski definition) is 2. The number of carbonyl (C=O) groups excluding carboxylic acids is 4. The SMILES string of the molecule is CC(=O)Nc1sc(C)c(C)c1C(=O)OCC(=O)Nc1cccc(C(C)=O)c1.